The number of hydrogen-bond donors (Lipinski definition) is 0. The zero-order valence-corrected chi connectivity index (χ0v) is 30.8. The molecule has 0 spiro atoms. The second kappa shape index (κ2) is 13.4. The molecule has 4 heterocycles. The van der Waals surface area contributed by atoms with Crippen molar-refractivity contribution >= 4 is 44.1 Å². The lowest BCUT2D eigenvalue weighted by Crippen LogP contribution is -2.26. The molecular weight excluding hydrogens is 681 g/mol. The minimum Gasteiger partial charge on any atom is -0.346 e. The van der Waals surface area contributed by atoms with Gasteiger partial charge in [0.2, 0.25) is 0 Å². The molecule has 2 atom stereocenters. The van der Waals surface area contributed by atoms with Crippen LogP contribution >= 0.6 is 0 Å². The lowest BCUT2D eigenvalue weighted by Gasteiger charge is -2.23. The summed E-state index contributed by atoms with van der Waals surface area (Å²) in [5.74, 6) is 0. The van der Waals surface area contributed by atoms with Crippen LogP contribution in [0.25, 0.3) is 54.9 Å². The molecule has 7 aromatic rings. The Morgan fingerprint density at radius 2 is 0.696 bits per heavy atom. The van der Waals surface area contributed by atoms with Crippen LogP contribution in [0.5, 0.6) is 0 Å². The Hall–Kier alpha value is -7.04. The van der Waals surface area contributed by atoms with Gasteiger partial charge in [-0.05, 0) is 89.4 Å². The van der Waals surface area contributed by atoms with Gasteiger partial charge in [0, 0.05) is 12.4 Å². The molecule has 4 nitrogen and oxygen atoms in total. The van der Waals surface area contributed by atoms with E-state index in [4.69, 9.17) is 9.98 Å². The third-order valence-corrected chi connectivity index (χ3v) is 11.6. The van der Waals surface area contributed by atoms with Crippen LogP contribution < -0.4 is 0 Å². The van der Waals surface area contributed by atoms with Gasteiger partial charge in [-0.2, -0.15) is 0 Å². The smallest absolute Gasteiger partial charge is 0.140 e. The SMILES string of the molecule is C1=CC2N=C(c3ccc(-c4c5ccccc5c(-c5ccc(C6=NC7C=CC(c8ccccc8)=CN7C6)cc5)c5ccccc45)cc3)CN2C=C1c1ccccc1. The summed E-state index contributed by atoms with van der Waals surface area (Å²) in [5, 5.41) is 5.01. The van der Waals surface area contributed by atoms with Gasteiger partial charge in [0.15, 0.2) is 0 Å². The van der Waals surface area contributed by atoms with E-state index in [-0.39, 0.29) is 12.3 Å². The van der Waals surface area contributed by atoms with Crippen molar-refractivity contribution in [3.05, 3.63) is 217 Å². The molecule has 2 unspecified atom stereocenters. The molecule has 4 heteroatoms. The molecule has 0 radical (unpaired) electrons. The van der Waals surface area contributed by atoms with Gasteiger partial charge in [-0.3, -0.25) is 9.98 Å². The van der Waals surface area contributed by atoms with Crippen molar-refractivity contribution in [3.63, 3.8) is 0 Å². The number of hydrogen-bond acceptors (Lipinski definition) is 4. The van der Waals surface area contributed by atoms with E-state index >= 15 is 0 Å². The number of rotatable bonds is 6. The van der Waals surface area contributed by atoms with E-state index in [1.165, 1.54) is 77.2 Å². The second-order valence-corrected chi connectivity index (χ2v) is 14.9. The maximum Gasteiger partial charge on any atom is 0.140 e. The van der Waals surface area contributed by atoms with E-state index in [1.807, 2.05) is 0 Å². The summed E-state index contributed by atoms with van der Waals surface area (Å²) in [5.41, 5.74) is 14.4. The molecule has 4 aliphatic rings. The minimum atomic E-state index is 0.0437. The van der Waals surface area contributed by atoms with Gasteiger partial charge in [0.25, 0.3) is 0 Å². The van der Waals surface area contributed by atoms with Crippen LogP contribution in [0.3, 0.4) is 0 Å². The molecular formula is C52H38N4. The molecule has 0 bridgehead atoms. The Labute approximate surface area is 327 Å². The average molecular weight is 719 g/mol. The Morgan fingerprint density at radius 3 is 1.07 bits per heavy atom. The maximum absolute atomic E-state index is 5.12. The summed E-state index contributed by atoms with van der Waals surface area (Å²) >= 11 is 0. The fraction of sp³-hybridized carbons (Fsp3) is 0.0769. The summed E-state index contributed by atoms with van der Waals surface area (Å²) < 4.78 is 0. The Kier molecular flexibility index (Phi) is 7.73. The van der Waals surface area contributed by atoms with Gasteiger partial charge in [-0.15, -0.1) is 0 Å². The summed E-state index contributed by atoms with van der Waals surface area (Å²) in [7, 11) is 0. The molecule has 0 fully saturated rings. The highest BCUT2D eigenvalue weighted by atomic mass is 15.3. The van der Waals surface area contributed by atoms with Gasteiger partial charge in [-0.25, -0.2) is 0 Å². The normalized spacial score (nSPS) is 18.4. The van der Waals surface area contributed by atoms with Crippen LogP contribution in [0.2, 0.25) is 0 Å². The molecule has 0 saturated heterocycles. The number of fused-ring (bicyclic) bond motifs is 4. The third-order valence-electron chi connectivity index (χ3n) is 11.6. The summed E-state index contributed by atoms with van der Waals surface area (Å²) in [6.45, 7) is 1.58. The molecule has 7 aromatic carbocycles. The summed E-state index contributed by atoms with van der Waals surface area (Å²) in [6.07, 6.45) is 13.4. The maximum atomic E-state index is 5.12. The van der Waals surface area contributed by atoms with Gasteiger partial charge in [0.1, 0.15) is 12.3 Å². The van der Waals surface area contributed by atoms with Crippen LogP contribution in [0, 0.1) is 0 Å². The molecule has 0 amide bonds. The first-order chi connectivity index (χ1) is 27.7. The first-order valence-corrected chi connectivity index (χ1v) is 19.4. The van der Waals surface area contributed by atoms with Gasteiger partial charge >= 0.3 is 0 Å². The molecule has 11 rings (SSSR count). The van der Waals surface area contributed by atoms with Crippen molar-refractivity contribution in [2.24, 2.45) is 9.98 Å². The van der Waals surface area contributed by atoms with Gasteiger partial charge in [-0.1, -0.05) is 170 Å². The predicted molar refractivity (Wildman–Crippen MR) is 234 cm³/mol. The van der Waals surface area contributed by atoms with Gasteiger partial charge < -0.3 is 9.80 Å². The minimum absolute atomic E-state index is 0.0437. The average Bonchev–Trinajstić information content (AvgIpc) is 3.91. The van der Waals surface area contributed by atoms with Crippen molar-refractivity contribution in [2.75, 3.05) is 13.1 Å². The standard InChI is InChI=1S/C52H38N4/c1-3-11-35(12-4-1)41-27-29-49-53-47(33-55(49)31-41)37-19-23-39(24-20-37)51-43-15-7-9-17-45(43)52(46-18-10-8-16-44(46)51)40-25-21-38(22-26-40)48-34-56-32-42(28-30-50(56)54-48)36-13-5-2-6-14-36/h1-32,49-50H,33-34H2. The van der Waals surface area contributed by atoms with E-state index in [0.717, 1.165) is 24.5 Å². The fourth-order valence-electron chi connectivity index (χ4n) is 8.80. The van der Waals surface area contributed by atoms with E-state index in [0.29, 0.717) is 0 Å². The molecule has 0 aliphatic carbocycles. The Morgan fingerprint density at radius 1 is 0.357 bits per heavy atom. The zero-order chi connectivity index (χ0) is 37.0. The van der Waals surface area contributed by atoms with E-state index in [2.05, 4.69) is 204 Å². The number of nitrogens with zero attached hydrogens (tertiary/aromatic N) is 4. The molecule has 266 valence electrons. The topological polar surface area (TPSA) is 31.2 Å². The predicted octanol–water partition coefficient (Wildman–Crippen LogP) is 11.4. The van der Waals surface area contributed by atoms with Crippen molar-refractivity contribution in [2.45, 2.75) is 12.3 Å². The van der Waals surface area contributed by atoms with E-state index in [1.54, 1.807) is 0 Å². The summed E-state index contributed by atoms with van der Waals surface area (Å²) in [4.78, 5) is 14.9. The first-order valence-electron chi connectivity index (χ1n) is 19.4. The lowest BCUT2D eigenvalue weighted by molar-refractivity contribution is 0.396. The van der Waals surface area contributed by atoms with Gasteiger partial charge in [0.05, 0.1) is 24.5 Å². The highest BCUT2D eigenvalue weighted by Gasteiger charge is 2.27. The van der Waals surface area contributed by atoms with Crippen LogP contribution in [0.15, 0.2) is 204 Å². The first kappa shape index (κ1) is 32.4. The fourth-order valence-corrected chi connectivity index (χ4v) is 8.80. The highest BCUT2D eigenvalue weighted by molar-refractivity contribution is 6.21. The van der Waals surface area contributed by atoms with E-state index in [9.17, 15) is 0 Å². The number of aliphatic imine (C=N–C) groups is 2. The Bertz CT molecular complexity index is 2590. The highest BCUT2D eigenvalue weighted by Crippen LogP contribution is 2.44. The molecule has 4 aliphatic heterocycles. The third kappa shape index (κ3) is 5.61. The lowest BCUT2D eigenvalue weighted by atomic mass is 9.85. The van der Waals surface area contributed by atoms with Crippen LogP contribution in [0.1, 0.15) is 22.3 Å². The van der Waals surface area contributed by atoms with E-state index < -0.39 is 0 Å². The van der Waals surface area contributed by atoms with Crippen molar-refractivity contribution in [1.82, 2.24) is 9.80 Å². The van der Waals surface area contributed by atoms with Crippen LogP contribution in [-0.2, 0) is 0 Å². The summed E-state index contributed by atoms with van der Waals surface area (Å²) in [6, 6.07) is 57.0. The number of allylic oxidation sites excluding steroid dienone is 4. The molecule has 0 saturated carbocycles. The molecule has 0 N–H and O–H groups in total. The molecule has 0 aromatic heterocycles. The van der Waals surface area contributed by atoms with Crippen LogP contribution in [-0.4, -0.2) is 46.6 Å². The number of benzene rings is 7. The quantitative estimate of drug-likeness (QED) is 0.160. The van der Waals surface area contributed by atoms with Crippen LogP contribution in [0.4, 0.5) is 0 Å². The van der Waals surface area contributed by atoms with Crippen molar-refractivity contribution < 1.29 is 0 Å². The largest absolute Gasteiger partial charge is 0.346 e. The molecule has 56 heavy (non-hydrogen) atoms. The van der Waals surface area contributed by atoms with Crippen molar-refractivity contribution in [3.8, 4) is 22.3 Å². The zero-order valence-electron chi connectivity index (χ0n) is 30.8. The van der Waals surface area contributed by atoms with Crippen molar-refractivity contribution in [1.29, 1.82) is 0 Å². The second-order valence-electron chi connectivity index (χ2n) is 14.9. The monoisotopic (exact) mass is 718 g/mol. The Balaban J connectivity index is 0.898.